The van der Waals surface area contributed by atoms with Crippen molar-refractivity contribution in [3.63, 3.8) is 0 Å². The van der Waals surface area contributed by atoms with E-state index in [0.717, 1.165) is 22.3 Å². The summed E-state index contributed by atoms with van der Waals surface area (Å²) in [5, 5.41) is 14.5. The maximum absolute atomic E-state index is 12.6. The summed E-state index contributed by atoms with van der Waals surface area (Å²) < 4.78 is 10.4. The van der Waals surface area contributed by atoms with Gasteiger partial charge in [0.05, 0.1) is 5.92 Å². The second kappa shape index (κ2) is 11.7. The largest absolute Gasteiger partial charge is 0.479 e. The van der Waals surface area contributed by atoms with Gasteiger partial charge in [0.25, 0.3) is 0 Å². The smallest absolute Gasteiger partial charge is 0.407 e. The second-order valence-electron chi connectivity index (χ2n) is 8.70. The van der Waals surface area contributed by atoms with E-state index in [2.05, 4.69) is 34.9 Å². The van der Waals surface area contributed by atoms with Gasteiger partial charge in [0.2, 0.25) is 5.91 Å². The third-order valence-electron chi connectivity index (χ3n) is 6.22. The van der Waals surface area contributed by atoms with E-state index < -0.39 is 24.1 Å². The molecule has 2 atom stereocenters. The molecule has 0 saturated heterocycles. The number of fused-ring (bicyclic) bond motifs is 3. The molecule has 0 aliphatic heterocycles. The topological polar surface area (TPSA) is 114 Å². The summed E-state index contributed by atoms with van der Waals surface area (Å²) >= 11 is 0. The van der Waals surface area contributed by atoms with E-state index in [9.17, 15) is 14.4 Å². The van der Waals surface area contributed by atoms with Crippen molar-refractivity contribution in [3.8, 4) is 11.1 Å². The zero-order valence-corrected chi connectivity index (χ0v) is 19.7. The lowest BCUT2D eigenvalue weighted by atomic mass is 9.95. The third kappa shape index (κ3) is 5.94. The fraction of sp³-hybridized carbons (Fsp3) is 0.423. The van der Waals surface area contributed by atoms with Crippen molar-refractivity contribution in [3.05, 3.63) is 59.7 Å². The number of aliphatic carboxylic acids is 1. The first-order valence-corrected chi connectivity index (χ1v) is 11.5. The van der Waals surface area contributed by atoms with Gasteiger partial charge in [-0.05, 0) is 28.2 Å². The number of rotatable bonds is 11. The number of carboxylic acids is 1. The van der Waals surface area contributed by atoms with Crippen LogP contribution in [0.3, 0.4) is 0 Å². The van der Waals surface area contributed by atoms with E-state index >= 15 is 0 Å². The number of methoxy groups -OCH3 is 1. The molecule has 2 unspecified atom stereocenters. The van der Waals surface area contributed by atoms with Gasteiger partial charge in [-0.15, -0.1) is 0 Å². The summed E-state index contributed by atoms with van der Waals surface area (Å²) in [5.74, 6) is -1.88. The number of carbonyl (C=O) groups is 3. The Bertz CT molecular complexity index is 976. The Balaban J connectivity index is 1.51. The summed E-state index contributed by atoms with van der Waals surface area (Å²) in [6.07, 6.45) is -1.40. The van der Waals surface area contributed by atoms with Crippen LogP contribution in [-0.2, 0) is 19.1 Å². The van der Waals surface area contributed by atoms with Crippen molar-refractivity contribution in [2.45, 2.75) is 32.3 Å². The fourth-order valence-corrected chi connectivity index (χ4v) is 4.27. The number of benzene rings is 2. The Hall–Kier alpha value is -3.39. The van der Waals surface area contributed by atoms with Crippen LogP contribution in [0.4, 0.5) is 4.79 Å². The second-order valence-corrected chi connectivity index (χ2v) is 8.70. The van der Waals surface area contributed by atoms with Gasteiger partial charge in [0.15, 0.2) is 6.10 Å². The number of hydrogen-bond acceptors (Lipinski definition) is 5. The molecule has 2 aromatic carbocycles. The van der Waals surface area contributed by atoms with E-state index in [0.29, 0.717) is 0 Å². The van der Waals surface area contributed by atoms with Crippen LogP contribution in [-0.4, -0.2) is 56.0 Å². The first-order valence-electron chi connectivity index (χ1n) is 11.5. The zero-order valence-electron chi connectivity index (χ0n) is 19.7. The lowest BCUT2D eigenvalue weighted by Crippen LogP contribution is -2.42. The number of hydrogen-bond donors (Lipinski definition) is 3. The first kappa shape index (κ1) is 25.2. The average Bonchev–Trinajstić information content (AvgIpc) is 3.14. The summed E-state index contributed by atoms with van der Waals surface area (Å²) in [4.78, 5) is 36.1. The van der Waals surface area contributed by atoms with Gasteiger partial charge in [-0.1, -0.05) is 62.4 Å². The first-order chi connectivity index (χ1) is 16.3. The Morgan fingerprint density at radius 2 is 1.56 bits per heavy atom. The maximum Gasteiger partial charge on any atom is 0.407 e. The molecule has 0 radical (unpaired) electrons. The number of alkyl carbamates (subject to hydrolysis) is 1. The summed E-state index contributed by atoms with van der Waals surface area (Å²) in [6.45, 7) is 4.26. The molecule has 2 amide bonds. The van der Waals surface area contributed by atoms with Crippen molar-refractivity contribution >= 4 is 18.0 Å². The van der Waals surface area contributed by atoms with E-state index in [1.165, 1.54) is 7.11 Å². The molecular weight excluding hydrogens is 436 g/mol. The molecule has 0 aromatic heterocycles. The molecule has 1 aliphatic rings. The normalized spacial score (nSPS) is 14.1. The molecule has 0 bridgehead atoms. The number of nitrogens with one attached hydrogen (secondary N) is 2. The highest BCUT2D eigenvalue weighted by molar-refractivity contribution is 5.80. The molecule has 0 fully saturated rings. The van der Waals surface area contributed by atoms with E-state index in [1.54, 1.807) is 0 Å². The van der Waals surface area contributed by atoms with Gasteiger partial charge in [-0.3, -0.25) is 4.79 Å². The van der Waals surface area contributed by atoms with Crippen molar-refractivity contribution in [2.75, 3.05) is 26.8 Å². The third-order valence-corrected chi connectivity index (χ3v) is 6.22. The lowest BCUT2D eigenvalue weighted by molar-refractivity contribution is -0.149. The molecule has 8 nitrogen and oxygen atoms in total. The number of carboxylic acid groups (broad SMARTS) is 1. The molecule has 3 N–H and O–H groups in total. The van der Waals surface area contributed by atoms with Crippen molar-refractivity contribution in [1.29, 1.82) is 0 Å². The SMILES string of the molecule is COC(CCNC(=O)C(CNC(=O)OCC1c2ccccc2-c2ccccc21)C(C)C)C(=O)O. The molecular formula is C26H32N2O6. The lowest BCUT2D eigenvalue weighted by Gasteiger charge is -2.21. The molecule has 2 aromatic rings. The highest BCUT2D eigenvalue weighted by Crippen LogP contribution is 2.44. The zero-order chi connectivity index (χ0) is 24.7. The Morgan fingerprint density at radius 1 is 0.971 bits per heavy atom. The van der Waals surface area contributed by atoms with E-state index in [4.69, 9.17) is 14.6 Å². The van der Waals surface area contributed by atoms with Crippen molar-refractivity contribution < 1.29 is 29.0 Å². The van der Waals surface area contributed by atoms with Crippen molar-refractivity contribution in [2.24, 2.45) is 11.8 Å². The van der Waals surface area contributed by atoms with Crippen LogP contribution < -0.4 is 10.6 Å². The quantitative estimate of drug-likeness (QED) is 0.466. The minimum absolute atomic E-state index is 0.0356. The minimum atomic E-state index is -1.07. The molecule has 8 heteroatoms. The molecule has 182 valence electrons. The molecule has 0 heterocycles. The van der Waals surface area contributed by atoms with Crippen molar-refractivity contribution in [1.82, 2.24) is 10.6 Å². The fourth-order valence-electron chi connectivity index (χ4n) is 4.27. The number of amides is 2. The Kier molecular flexibility index (Phi) is 8.65. The van der Waals surface area contributed by atoms with Crippen LogP contribution in [0.2, 0.25) is 0 Å². The summed E-state index contributed by atoms with van der Waals surface area (Å²) in [5.41, 5.74) is 4.57. The maximum atomic E-state index is 12.6. The predicted octanol–water partition coefficient (Wildman–Crippen LogP) is 3.40. The van der Waals surface area contributed by atoms with E-state index in [1.807, 2.05) is 38.1 Å². The summed E-state index contributed by atoms with van der Waals surface area (Å²) in [7, 11) is 1.32. The number of ether oxygens (including phenoxy) is 2. The van der Waals surface area contributed by atoms with Gasteiger partial charge in [0.1, 0.15) is 6.61 Å². The van der Waals surface area contributed by atoms with Crippen LogP contribution in [0.25, 0.3) is 11.1 Å². The van der Waals surface area contributed by atoms with Crippen LogP contribution >= 0.6 is 0 Å². The Morgan fingerprint density at radius 3 is 2.09 bits per heavy atom. The average molecular weight is 469 g/mol. The van der Waals surface area contributed by atoms with Crippen LogP contribution in [0.5, 0.6) is 0 Å². The van der Waals surface area contributed by atoms with Crippen LogP contribution in [0, 0.1) is 11.8 Å². The molecule has 1 aliphatic carbocycles. The van der Waals surface area contributed by atoms with Crippen LogP contribution in [0.15, 0.2) is 48.5 Å². The monoisotopic (exact) mass is 468 g/mol. The molecule has 34 heavy (non-hydrogen) atoms. The van der Waals surface area contributed by atoms with Gasteiger partial charge < -0.3 is 25.2 Å². The summed E-state index contributed by atoms with van der Waals surface area (Å²) in [6, 6.07) is 16.2. The minimum Gasteiger partial charge on any atom is -0.479 e. The molecule has 0 saturated carbocycles. The molecule has 0 spiro atoms. The van der Waals surface area contributed by atoms with Gasteiger partial charge >= 0.3 is 12.1 Å². The highest BCUT2D eigenvalue weighted by atomic mass is 16.5. The Labute approximate surface area is 199 Å². The van der Waals surface area contributed by atoms with Gasteiger partial charge in [-0.25, -0.2) is 9.59 Å². The molecule has 3 rings (SSSR count). The number of carbonyl (C=O) groups excluding carboxylic acids is 2. The predicted molar refractivity (Wildman–Crippen MR) is 127 cm³/mol. The van der Waals surface area contributed by atoms with E-state index in [-0.39, 0.29) is 43.9 Å². The van der Waals surface area contributed by atoms with Crippen LogP contribution in [0.1, 0.15) is 37.3 Å². The standard InChI is InChI=1S/C26H32N2O6/c1-16(2)21(24(29)27-13-12-23(33-3)25(30)31)14-28-26(32)34-15-22-19-10-6-4-8-17(19)18-9-5-7-11-20(18)22/h4-11,16,21-23H,12-15H2,1-3H3,(H,27,29)(H,28,32)(H,30,31). The highest BCUT2D eigenvalue weighted by Gasteiger charge is 2.29. The van der Waals surface area contributed by atoms with Gasteiger partial charge in [-0.2, -0.15) is 0 Å². The van der Waals surface area contributed by atoms with Gasteiger partial charge in [0, 0.05) is 32.5 Å².